The third kappa shape index (κ3) is 3.26. The molecule has 5 nitrogen and oxygen atoms in total. The van der Waals surface area contributed by atoms with Crippen molar-refractivity contribution in [1.82, 2.24) is 10.2 Å². The molecular formula is C23H26N2O3. The lowest BCUT2D eigenvalue weighted by molar-refractivity contribution is -0.132. The van der Waals surface area contributed by atoms with Crippen LogP contribution in [0.1, 0.15) is 41.5 Å². The zero-order valence-electron chi connectivity index (χ0n) is 16.5. The van der Waals surface area contributed by atoms with Gasteiger partial charge in [0.1, 0.15) is 11.3 Å². The number of nitrogens with one attached hydrogen (secondary N) is 1. The van der Waals surface area contributed by atoms with Gasteiger partial charge in [0.15, 0.2) is 0 Å². The van der Waals surface area contributed by atoms with E-state index in [2.05, 4.69) is 17.4 Å². The maximum atomic E-state index is 13.2. The van der Waals surface area contributed by atoms with Crippen LogP contribution in [0.15, 0.2) is 42.5 Å². The summed E-state index contributed by atoms with van der Waals surface area (Å²) in [7, 11) is 0. The molecular weight excluding hydrogens is 352 g/mol. The zero-order chi connectivity index (χ0) is 19.7. The van der Waals surface area contributed by atoms with Crippen molar-refractivity contribution in [2.45, 2.75) is 45.1 Å². The number of urea groups is 1. The van der Waals surface area contributed by atoms with Crippen LogP contribution in [0, 0.1) is 13.8 Å². The summed E-state index contributed by atoms with van der Waals surface area (Å²) in [5.74, 6) is 0.698. The zero-order valence-corrected chi connectivity index (χ0v) is 16.5. The first-order valence-electron chi connectivity index (χ1n) is 9.93. The van der Waals surface area contributed by atoms with Crippen LogP contribution < -0.4 is 10.1 Å². The number of nitrogens with zero attached hydrogens (tertiary/aromatic N) is 1. The van der Waals surface area contributed by atoms with Crippen molar-refractivity contribution in [2.75, 3.05) is 13.2 Å². The van der Waals surface area contributed by atoms with E-state index in [4.69, 9.17) is 4.74 Å². The Morgan fingerprint density at radius 3 is 2.64 bits per heavy atom. The largest absolute Gasteiger partial charge is 0.494 e. The summed E-state index contributed by atoms with van der Waals surface area (Å²) in [5, 5.41) is 3.00. The van der Waals surface area contributed by atoms with Crippen LogP contribution in [-0.2, 0) is 16.8 Å². The highest BCUT2D eigenvalue weighted by Gasteiger charge is 2.53. The smallest absolute Gasteiger partial charge is 0.325 e. The Labute approximate surface area is 165 Å². The molecule has 1 heterocycles. The van der Waals surface area contributed by atoms with Crippen molar-refractivity contribution in [1.29, 1.82) is 0 Å². The molecule has 2 aromatic carbocycles. The van der Waals surface area contributed by atoms with Crippen LogP contribution >= 0.6 is 0 Å². The van der Waals surface area contributed by atoms with Gasteiger partial charge in [0.2, 0.25) is 0 Å². The molecule has 0 bridgehead atoms. The highest BCUT2D eigenvalue weighted by atomic mass is 16.5. The van der Waals surface area contributed by atoms with Crippen LogP contribution in [0.3, 0.4) is 0 Å². The number of rotatable bonds is 5. The Morgan fingerprint density at radius 1 is 1.11 bits per heavy atom. The summed E-state index contributed by atoms with van der Waals surface area (Å²) in [5.41, 5.74) is 3.53. The summed E-state index contributed by atoms with van der Waals surface area (Å²) in [4.78, 5) is 27.1. The minimum absolute atomic E-state index is 0.129. The van der Waals surface area contributed by atoms with Gasteiger partial charge in [-0.3, -0.25) is 9.69 Å². The fourth-order valence-electron chi connectivity index (χ4n) is 4.44. The van der Waals surface area contributed by atoms with E-state index in [1.54, 1.807) is 0 Å². The first-order chi connectivity index (χ1) is 13.5. The number of fused-ring (bicyclic) bond motifs is 2. The SMILES string of the molecule is Cc1cc(C)cc(OCCCN2C(=O)N[C@@]3(CCCc4ccccc43)C2=O)c1. The summed E-state index contributed by atoms with van der Waals surface area (Å²) in [6.45, 7) is 4.89. The first-order valence-corrected chi connectivity index (χ1v) is 9.93. The molecule has 5 heteroatoms. The van der Waals surface area contributed by atoms with E-state index >= 15 is 0 Å². The fourth-order valence-corrected chi connectivity index (χ4v) is 4.44. The second kappa shape index (κ2) is 7.30. The molecule has 4 rings (SSSR count). The van der Waals surface area contributed by atoms with Gasteiger partial charge in [-0.25, -0.2) is 4.79 Å². The molecule has 28 heavy (non-hydrogen) atoms. The average molecular weight is 378 g/mol. The van der Waals surface area contributed by atoms with Gasteiger partial charge in [-0.1, -0.05) is 30.3 Å². The van der Waals surface area contributed by atoms with Gasteiger partial charge in [0, 0.05) is 6.54 Å². The topological polar surface area (TPSA) is 58.6 Å². The number of ether oxygens (including phenoxy) is 1. The van der Waals surface area contributed by atoms with E-state index in [-0.39, 0.29) is 11.9 Å². The van der Waals surface area contributed by atoms with Gasteiger partial charge in [0.25, 0.3) is 5.91 Å². The van der Waals surface area contributed by atoms with Gasteiger partial charge >= 0.3 is 6.03 Å². The molecule has 1 aliphatic heterocycles. The molecule has 1 N–H and O–H groups in total. The molecule has 146 valence electrons. The third-order valence-corrected chi connectivity index (χ3v) is 5.64. The molecule has 2 aliphatic rings. The van der Waals surface area contributed by atoms with Crippen LogP contribution in [0.4, 0.5) is 4.79 Å². The highest BCUT2D eigenvalue weighted by molar-refractivity contribution is 6.07. The van der Waals surface area contributed by atoms with Crippen molar-refractivity contribution >= 4 is 11.9 Å². The predicted molar refractivity (Wildman–Crippen MR) is 107 cm³/mol. The minimum atomic E-state index is -0.888. The van der Waals surface area contributed by atoms with Crippen LogP contribution in [0.5, 0.6) is 5.75 Å². The number of imide groups is 1. The summed E-state index contributed by atoms with van der Waals surface area (Å²) < 4.78 is 5.82. The number of amides is 3. The molecule has 0 saturated carbocycles. The van der Waals surface area contributed by atoms with Crippen LogP contribution in [0.25, 0.3) is 0 Å². The molecule has 1 saturated heterocycles. The molecule has 0 unspecified atom stereocenters. The van der Waals surface area contributed by atoms with Crippen molar-refractivity contribution < 1.29 is 14.3 Å². The molecule has 1 spiro atoms. The van der Waals surface area contributed by atoms with Gasteiger partial charge in [0.05, 0.1) is 6.61 Å². The monoisotopic (exact) mass is 378 g/mol. The average Bonchev–Trinajstić information content (AvgIpc) is 2.89. The standard InChI is InChI=1S/C23H26N2O3/c1-16-13-17(2)15-19(14-16)28-12-6-11-25-21(26)23(24-22(25)27)10-5-8-18-7-3-4-9-20(18)23/h3-4,7,9,13-15H,5-6,8,10-12H2,1-2H3,(H,24,27)/t23-/m1/s1. The number of hydrogen-bond acceptors (Lipinski definition) is 3. The van der Waals surface area contributed by atoms with Gasteiger partial charge in [-0.05, 0) is 73.9 Å². The Hall–Kier alpha value is -2.82. The summed E-state index contributed by atoms with van der Waals surface area (Å²) >= 11 is 0. The number of hydrogen-bond donors (Lipinski definition) is 1. The normalized spacial score (nSPS) is 21.0. The third-order valence-electron chi connectivity index (χ3n) is 5.64. The van der Waals surface area contributed by atoms with Crippen molar-refractivity contribution in [2.24, 2.45) is 0 Å². The van der Waals surface area contributed by atoms with E-state index in [9.17, 15) is 9.59 Å². The second-order valence-corrected chi connectivity index (χ2v) is 7.83. The van der Waals surface area contributed by atoms with Crippen LogP contribution in [-0.4, -0.2) is 30.0 Å². The molecule has 1 atom stereocenters. The van der Waals surface area contributed by atoms with Crippen molar-refractivity contribution in [3.63, 3.8) is 0 Å². The number of aryl methyl sites for hydroxylation is 3. The molecule has 3 amide bonds. The lowest BCUT2D eigenvalue weighted by Crippen LogP contribution is -2.46. The van der Waals surface area contributed by atoms with Gasteiger partial charge < -0.3 is 10.1 Å². The van der Waals surface area contributed by atoms with E-state index < -0.39 is 5.54 Å². The minimum Gasteiger partial charge on any atom is -0.494 e. The highest BCUT2D eigenvalue weighted by Crippen LogP contribution is 2.39. The molecule has 0 aromatic heterocycles. The molecule has 1 aliphatic carbocycles. The lowest BCUT2D eigenvalue weighted by atomic mass is 9.76. The molecule has 2 aromatic rings. The maximum Gasteiger partial charge on any atom is 0.325 e. The van der Waals surface area contributed by atoms with E-state index in [0.717, 1.165) is 40.8 Å². The predicted octanol–water partition coefficient (Wildman–Crippen LogP) is 3.86. The van der Waals surface area contributed by atoms with Crippen molar-refractivity contribution in [3.8, 4) is 5.75 Å². The lowest BCUT2D eigenvalue weighted by Gasteiger charge is -2.33. The Kier molecular flexibility index (Phi) is 4.84. The van der Waals surface area contributed by atoms with Crippen LogP contribution in [0.2, 0.25) is 0 Å². The molecule has 1 fully saturated rings. The number of carbonyl (C=O) groups is 2. The summed E-state index contributed by atoms with van der Waals surface area (Å²) in [6.07, 6.45) is 3.10. The second-order valence-electron chi connectivity index (χ2n) is 7.83. The quantitative estimate of drug-likeness (QED) is 0.635. The van der Waals surface area contributed by atoms with E-state index in [1.807, 2.05) is 44.2 Å². The Balaban J connectivity index is 1.41. The fraction of sp³-hybridized carbons (Fsp3) is 0.391. The van der Waals surface area contributed by atoms with Gasteiger partial charge in [-0.2, -0.15) is 0 Å². The van der Waals surface area contributed by atoms with Crippen molar-refractivity contribution in [3.05, 3.63) is 64.7 Å². The number of benzene rings is 2. The van der Waals surface area contributed by atoms with E-state index in [1.165, 1.54) is 4.90 Å². The Morgan fingerprint density at radius 2 is 1.86 bits per heavy atom. The first kappa shape index (κ1) is 18.5. The Bertz CT molecular complexity index is 904. The maximum absolute atomic E-state index is 13.2. The number of carbonyl (C=O) groups excluding carboxylic acids is 2. The van der Waals surface area contributed by atoms with Gasteiger partial charge in [-0.15, -0.1) is 0 Å². The summed E-state index contributed by atoms with van der Waals surface area (Å²) in [6, 6.07) is 13.7. The van der Waals surface area contributed by atoms with E-state index in [0.29, 0.717) is 26.0 Å². The molecule has 0 radical (unpaired) electrons.